The van der Waals surface area contributed by atoms with Crippen molar-refractivity contribution in [2.75, 3.05) is 18.4 Å². The van der Waals surface area contributed by atoms with Gasteiger partial charge < -0.3 is 26.7 Å². The number of hydrogen-bond acceptors (Lipinski definition) is 5. The minimum atomic E-state index is -0.789. The van der Waals surface area contributed by atoms with Gasteiger partial charge in [-0.3, -0.25) is 4.79 Å². The molecule has 0 bridgehead atoms. The summed E-state index contributed by atoms with van der Waals surface area (Å²) < 4.78 is 25.7. The zero-order valence-corrected chi connectivity index (χ0v) is 25.3. The Balaban J connectivity index is -0.000000223. The Bertz CT molecular complexity index is 774. The monoisotopic (exact) mass is 555 g/mol. The Labute approximate surface area is 236 Å². The lowest BCUT2D eigenvalue weighted by molar-refractivity contribution is -0.122. The van der Waals surface area contributed by atoms with Crippen LogP contribution >= 0.6 is 0 Å². The molecule has 3 rings (SSSR count). The average Bonchev–Trinajstić information content (AvgIpc) is 2.89. The largest absolute Gasteiger partial charge is 0.483 e. The number of benzene rings is 2. The van der Waals surface area contributed by atoms with Crippen LogP contribution in [0.25, 0.3) is 0 Å². The fourth-order valence-corrected chi connectivity index (χ4v) is 3.19. The number of carbonyl (C=O) groups is 2. The summed E-state index contributed by atoms with van der Waals surface area (Å²) in [6.07, 6.45) is 7.21. The van der Waals surface area contributed by atoms with Crippen molar-refractivity contribution >= 4 is 18.9 Å². The van der Waals surface area contributed by atoms with E-state index in [4.69, 9.17) is 26.2 Å². The molecular formula is C31H55F2N3O3. The predicted molar refractivity (Wildman–Crippen MR) is 163 cm³/mol. The van der Waals surface area contributed by atoms with Gasteiger partial charge in [0.15, 0.2) is 11.6 Å². The molecule has 6 N–H and O–H groups in total. The summed E-state index contributed by atoms with van der Waals surface area (Å²) in [6.45, 7) is 17.9. The van der Waals surface area contributed by atoms with Gasteiger partial charge in [-0.15, -0.1) is 0 Å². The van der Waals surface area contributed by atoms with Crippen molar-refractivity contribution in [1.82, 2.24) is 0 Å². The Hall–Kier alpha value is -2.84. The van der Waals surface area contributed by atoms with Gasteiger partial charge in [0.05, 0.1) is 0 Å². The number of hydrogen-bond donors (Lipinski definition) is 4. The third kappa shape index (κ3) is 31.3. The smallest absolute Gasteiger partial charge is 0.290 e. The van der Waals surface area contributed by atoms with Crippen molar-refractivity contribution in [3.8, 4) is 0 Å². The predicted octanol–water partition coefficient (Wildman–Crippen LogP) is 7.51. The average molecular weight is 556 g/mol. The van der Waals surface area contributed by atoms with Crippen LogP contribution in [0.2, 0.25) is 0 Å². The molecule has 1 saturated carbocycles. The Kier molecular flexibility index (Phi) is 36.8. The van der Waals surface area contributed by atoms with Gasteiger partial charge in [0.2, 0.25) is 0 Å². The van der Waals surface area contributed by atoms with E-state index in [2.05, 4.69) is 78.0 Å². The van der Waals surface area contributed by atoms with E-state index in [1.807, 2.05) is 6.79 Å². The standard InChI is InChI=1S/C13H17F2N.C8H10.2C3H8.C2H8N2.CH2O2.CH2O/c1-9-3-2-4-10(7-9)16-11-5-6-12(14)13(15)8-11;1-7-4-3-5-8(2)6-7;2*1-3-2;3-1-2-4;2-1-3;1-2/h5-6,8-10,16H,2-4,7H2,1H3;3-6H,1-2H3;2*3H2,1-2H3;1-4H2;1H,(H,2,3);1H2. The zero-order chi connectivity index (χ0) is 31.1. The van der Waals surface area contributed by atoms with E-state index < -0.39 is 11.6 Å². The summed E-state index contributed by atoms with van der Waals surface area (Å²) >= 11 is 0. The van der Waals surface area contributed by atoms with Crippen LogP contribution in [0.3, 0.4) is 0 Å². The molecule has 2 unspecified atom stereocenters. The molecule has 226 valence electrons. The first-order valence-electron chi connectivity index (χ1n) is 13.6. The number of rotatable bonds is 3. The van der Waals surface area contributed by atoms with Gasteiger partial charge in [0.1, 0.15) is 6.79 Å². The van der Waals surface area contributed by atoms with Crippen LogP contribution < -0.4 is 16.8 Å². The molecule has 0 radical (unpaired) electrons. The number of aryl methyl sites for hydroxylation is 2. The van der Waals surface area contributed by atoms with Crippen molar-refractivity contribution < 1.29 is 23.5 Å². The van der Waals surface area contributed by atoms with Gasteiger partial charge in [-0.2, -0.15) is 0 Å². The number of nitrogens with one attached hydrogen (secondary N) is 1. The van der Waals surface area contributed by atoms with Crippen molar-refractivity contribution in [2.24, 2.45) is 17.4 Å². The second-order valence-electron chi connectivity index (χ2n) is 9.00. The van der Waals surface area contributed by atoms with Gasteiger partial charge >= 0.3 is 0 Å². The first-order valence-corrected chi connectivity index (χ1v) is 13.6. The quantitative estimate of drug-likeness (QED) is 0.291. The zero-order valence-electron chi connectivity index (χ0n) is 25.3. The molecule has 0 amide bonds. The first kappa shape index (κ1) is 43.2. The van der Waals surface area contributed by atoms with Crippen molar-refractivity contribution in [3.63, 3.8) is 0 Å². The number of halogens is 2. The lowest BCUT2D eigenvalue weighted by atomic mass is 9.87. The fraction of sp³-hybridized carbons (Fsp3) is 0.548. The molecule has 1 fully saturated rings. The van der Waals surface area contributed by atoms with Crippen LogP contribution in [0.5, 0.6) is 0 Å². The van der Waals surface area contributed by atoms with Gasteiger partial charge in [0.25, 0.3) is 6.47 Å². The van der Waals surface area contributed by atoms with E-state index in [9.17, 15) is 8.78 Å². The van der Waals surface area contributed by atoms with E-state index in [1.54, 1.807) is 6.07 Å². The summed E-state index contributed by atoms with van der Waals surface area (Å²) in [5, 5.41) is 10.2. The van der Waals surface area contributed by atoms with Crippen LogP contribution in [0.1, 0.15) is 84.3 Å². The Morgan fingerprint density at radius 3 is 1.72 bits per heavy atom. The second kappa shape index (κ2) is 33.2. The molecule has 2 aromatic carbocycles. The molecule has 1 aliphatic rings. The lowest BCUT2D eigenvalue weighted by Crippen LogP contribution is -2.26. The Morgan fingerprint density at radius 1 is 0.923 bits per heavy atom. The molecule has 2 atom stereocenters. The number of anilines is 1. The molecule has 6 nitrogen and oxygen atoms in total. The van der Waals surface area contributed by atoms with Crippen molar-refractivity contribution in [2.45, 2.75) is 93.0 Å². The molecule has 0 saturated heterocycles. The first-order chi connectivity index (χ1) is 18.6. The van der Waals surface area contributed by atoms with Crippen LogP contribution in [0, 0.1) is 31.4 Å². The molecule has 39 heavy (non-hydrogen) atoms. The molecule has 8 heteroatoms. The molecule has 0 heterocycles. The minimum absolute atomic E-state index is 0.250. The maximum Gasteiger partial charge on any atom is 0.290 e. The minimum Gasteiger partial charge on any atom is -0.483 e. The molecule has 0 aliphatic heterocycles. The van der Waals surface area contributed by atoms with E-state index in [-0.39, 0.29) is 6.47 Å². The highest BCUT2D eigenvalue weighted by Gasteiger charge is 2.18. The highest BCUT2D eigenvalue weighted by atomic mass is 19.2. The topological polar surface area (TPSA) is 118 Å². The fourth-order valence-electron chi connectivity index (χ4n) is 3.19. The Morgan fingerprint density at radius 2 is 1.38 bits per heavy atom. The van der Waals surface area contributed by atoms with E-state index in [0.29, 0.717) is 24.8 Å². The van der Waals surface area contributed by atoms with E-state index in [1.165, 1.54) is 48.9 Å². The SMILES string of the molecule is C=O.CC1CCCC(Nc2ccc(F)c(F)c2)C1.CCC.CCC.Cc1cccc(C)c1.NCCN.O=CO. The summed E-state index contributed by atoms with van der Waals surface area (Å²) in [4.78, 5) is 16.4. The molecule has 0 spiro atoms. The molecule has 1 aliphatic carbocycles. The normalized spacial score (nSPS) is 14.4. The third-order valence-electron chi connectivity index (χ3n) is 4.57. The van der Waals surface area contributed by atoms with Crippen molar-refractivity contribution in [3.05, 3.63) is 65.2 Å². The molecule has 0 aromatic heterocycles. The van der Waals surface area contributed by atoms with Gasteiger partial charge in [-0.25, -0.2) is 8.78 Å². The second-order valence-corrected chi connectivity index (χ2v) is 9.00. The van der Waals surface area contributed by atoms with Crippen LogP contribution in [0.15, 0.2) is 42.5 Å². The number of carboxylic acid groups (broad SMARTS) is 1. The van der Waals surface area contributed by atoms with Crippen LogP contribution in [-0.4, -0.2) is 37.5 Å². The third-order valence-corrected chi connectivity index (χ3v) is 4.57. The molecule has 2 aromatic rings. The van der Waals surface area contributed by atoms with Crippen molar-refractivity contribution in [1.29, 1.82) is 0 Å². The number of carbonyl (C=O) groups excluding carboxylic acids is 1. The maximum absolute atomic E-state index is 13.0. The van der Waals surface area contributed by atoms with Gasteiger partial charge in [0, 0.05) is 30.9 Å². The molecular weight excluding hydrogens is 500 g/mol. The summed E-state index contributed by atoms with van der Waals surface area (Å²) in [6, 6.07) is 12.8. The maximum atomic E-state index is 13.0. The summed E-state index contributed by atoms with van der Waals surface area (Å²) in [7, 11) is 0. The van der Waals surface area contributed by atoms with Gasteiger partial charge in [-0.05, 0) is 44.7 Å². The van der Waals surface area contributed by atoms with Crippen LogP contribution in [-0.2, 0) is 9.59 Å². The highest BCUT2D eigenvalue weighted by Crippen LogP contribution is 2.26. The van der Waals surface area contributed by atoms with Crippen LogP contribution in [0.4, 0.5) is 14.5 Å². The van der Waals surface area contributed by atoms with E-state index >= 15 is 0 Å². The lowest BCUT2D eigenvalue weighted by Gasteiger charge is -2.28. The summed E-state index contributed by atoms with van der Waals surface area (Å²) in [5.74, 6) is -0.854. The highest BCUT2D eigenvalue weighted by molar-refractivity contribution is 5.44. The number of nitrogens with two attached hydrogens (primary N) is 2. The van der Waals surface area contributed by atoms with E-state index in [0.717, 1.165) is 18.8 Å². The summed E-state index contributed by atoms with van der Waals surface area (Å²) in [5.41, 5.74) is 13.2. The van der Waals surface area contributed by atoms with Gasteiger partial charge in [-0.1, -0.05) is 95.7 Å².